The molecule has 3 rings (SSSR count). The highest BCUT2D eigenvalue weighted by atomic mass is 16.4. The van der Waals surface area contributed by atoms with Crippen LogP contribution in [0.1, 0.15) is 47.1 Å². The van der Waals surface area contributed by atoms with Crippen molar-refractivity contribution in [3.8, 4) is 11.5 Å². The number of nitrogens with one attached hydrogen (secondary N) is 2. The second-order valence-electron chi connectivity index (χ2n) is 7.06. The molecule has 0 fully saturated rings. The summed E-state index contributed by atoms with van der Waals surface area (Å²) in [6, 6.07) is 13.9. The number of amides is 2. The molecular formula is C20H20N4O3. The van der Waals surface area contributed by atoms with Gasteiger partial charge in [-0.2, -0.15) is 0 Å². The van der Waals surface area contributed by atoms with Gasteiger partial charge in [0.15, 0.2) is 0 Å². The second-order valence-corrected chi connectivity index (χ2v) is 7.06. The van der Waals surface area contributed by atoms with Crippen LogP contribution in [0.4, 0.5) is 0 Å². The van der Waals surface area contributed by atoms with Crippen molar-refractivity contribution in [2.45, 2.75) is 26.2 Å². The molecule has 0 saturated carbocycles. The molecule has 0 saturated heterocycles. The Hall–Kier alpha value is -3.48. The third-order valence-corrected chi connectivity index (χ3v) is 4.06. The maximum atomic E-state index is 12.2. The highest BCUT2D eigenvalue weighted by Crippen LogP contribution is 2.22. The van der Waals surface area contributed by atoms with Crippen molar-refractivity contribution in [1.29, 1.82) is 0 Å². The maximum Gasteiger partial charge on any atom is 0.269 e. The summed E-state index contributed by atoms with van der Waals surface area (Å²) in [5, 5.41) is 7.41. The van der Waals surface area contributed by atoms with E-state index in [2.05, 4.69) is 41.8 Å². The first-order valence-electron chi connectivity index (χ1n) is 8.42. The zero-order chi connectivity index (χ0) is 19.4. The van der Waals surface area contributed by atoms with Gasteiger partial charge in [0.05, 0.1) is 0 Å². The topological polar surface area (TPSA) is 97.1 Å². The van der Waals surface area contributed by atoms with Crippen LogP contribution < -0.4 is 10.9 Å². The van der Waals surface area contributed by atoms with Gasteiger partial charge in [-0.1, -0.05) is 32.9 Å². The Morgan fingerprint density at radius 3 is 1.81 bits per heavy atom. The molecule has 7 heteroatoms. The summed E-state index contributed by atoms with van der Waals surface area (Å²) < 4.78 is 5.10. The van der Waals surface area contributed by atoms with E-state index >= 15 is 0 Å². The van der Waals surface area contributed by atoms with Gasteiger partial charge in [0.25, 0.3) is 11.8 Å². The van der Waals surface area contributed by atoms with Gasteiger partial charge in [-0.25, -0.2) is 0 Å². The largest absolute Gasteiger partial charge is 0.423 e. The Labute approximate surface area is 156 Å². The van der Waals surface area contributed by atoms with Crippen molar-refractivity contribution in [2.75, 3.05) is 0 Å². The number of aromatic nitrogens is 2. The number of benzene rings is 2. The average molecular weight is 364 g/mol. The van der Waals surface area contributed by atoms with Gasteiger partial charge in [0.1, 0.15) is 0 Å². The molecule has 0 spiro atoms. The second kappa shape index (κ2) is 7.41. The number of nitrogens with zero attached hydrogens (tertiary/aromatic N) is 2. The fraction of sp³-hybridized carbons (Fsp3) is 0.200. The van der Waals surface area contributed by atoms with E-state index < -0.39 is 5.91 Å². The molecule has 0 unspecified atom stereocenters. The number of hydrogen-bond acceptors (Lipinski definition) is 5. The van der Waals surface area contributed by atoms with E-state index in [0.29, 0.717) is 22.6 Å². The van der Waals surface area contributed by atoms with Crippen LogP contribution >= 0.6 is 0 Å². The monoisotopic (exact) mass is 364 g/mol. The first kappa shape index (κ1) is 18.3. The molecule has 7 nitrogen and oxygen atoms in total. The molecule has 0 aliphatic heterocycles. The van der Waals surface area contributed by atoms with E-state index in [4.69, 9.17) is 4.42 Å². The normalized spacial score (nSPS) is 11.1. The minimum atomic E-state index is -0.424. The van der Waals surface area contributed by atoms with Gasteiger partial charge in [-0.3, -0.25) is 20.4 Å². The fourth-order valence-corrected chi connectivity index (χ4v) is 2.44. The van der Waals surface area contributed by atoms with Crippen molar-refractivity contribution in [3.63, 3.8) is 0 Å². The molecule has 27 heavy (non-hydrogen) atoms. The van der Waals surface area contributed by atoms with Crippen molar-refractivity contribution in [2.24, 2.45) is 0 Å². The van der Waals surface area contributed by atoms with Gasteiger partial charge in [0.2, 0.25) is 12.3 Å². The quantitative estimate of drug-likeness (QED) is 0.696. The van der Waals surface area contributed by atoms with Gasteiger partial charge >= 0.3 is 0 Å². The molecule has 138 valence electrons. The SMILES string of the molecule is CC(C)(C)c1ccc(C(=O)NNC(=O)c2ccc(-c3nnco3)cc2)cc1. The van der Waals surface area contributed by atoms with Gasteiger partial charge in [-0.15, -0.1) is 10.2 Å². The lowest BCUT2D eigenvalue weighted by Gasteiger charge is -2.19. The van der Waals surface area contributed by atoms with Gasteiger partial charge in [-0.05, 0) is 47.4 Å². The third-order valence-electron chi connectivity index (χ3n) is 4.06. The lowest BCUT2D eigenvalue weighted by atomic mass is 9.87. The van der Waals surface area contributed by atoms with Gasteiger partial charge in [0, 0.05) is 16.7 Å². The molecule has 2 aromatic carbocycles. The fourth-order valence-electron chi connectivity index (χ4n) is 2.44. The number of rotatable bonds is 3. The van der Waals surface area contributed by atoms with Crippen molar-refractivity contribution in [1.82, 2.24) is 21.0 Å². The van der Waals surface area contributed by atoms with Crippen molar-refractivity contribution in [3.05, 3.63) is 71.6 Å². The zero-order valence-corrected chi connectivity index (χ0v) is 15.3. The van der Waals surface area contributed by atoms with Crippen LogP contribution in [0.3, 0.4) is 0 Å². The number of hydrogen-bond donors (Lipinski definition) is 2. The molecule has 0 aliphatic rings. The zero-order valence-electron chi connectivity index (χ0n) is 15.3. The Kier molecular flexibility index (Phi) is 5.03. The minimum absolute atomic E-state index is 0.0105. The summed E-state index contributed by atoms with van der Waals surface area (Å²) in [6.45, 7) is 6.31. The average Bonchev–Trinajstić information content (AvgIpc) is 3.20. The van der Waals surface area contributed by atoms with Crippen LogP contribution in [-0.2, 0) is 5.41 Å². The van der Waals surface area contributed by atoms with E-state index in [1.54, 1.807) is 36.4 Å². The summed E-state index contributed by atoms with van der Waals surface area (Å²) in [4.78, 5) is 24.4. The summed E-state index contributed by atoms with van der Waals surface area (Å²) in [7, 11) is 0. The molecule has 0 atom stereocenters. The molecule has 1 aromatic heterocycles. The first-order chi connectivity index (χ1) is 12.8. The van der Waals surface area contributed by atoms with E-state index in [-0.39, 0.29) is 11.3 Å². The smallest absolute Gasteiger partial charge is 0.269 e. The molecule has 3 aromatic rings. The van der Waals surface area contributed by atoms with Crippen LogP contribution in [0, 0.1) is 0 Å². The molecule has 0 bridgehead atoms. The van der Waals surface area contributed by atoms with Crippen molar-refractivity contribution < 1.29 is 14.0 Å². The van der Waals surface area contributed by atoms with Crippen LogP contribution in [0.5, 0.6) is 0 Å². The van der Waals surface area contributed by atoms with E-state index in [9.17, 15) is 9.59 Å². The van der Waals surface area contributed by atoms with Crippen molar-refractivity contribution >= 4 is 11.8 Å². The summed E-state index contributed by atoms with van der Waals surface area (Å²) in [5.74, 6) is -0.438. The van der Waals surface area contributed by atoms with E-state index in [1.807, 2.05) is 12.1 Å². The minimum Gasteiger partial charge on any atom is -0.423 e. The molecule has 0 aliphatic carbocycles. The highest BCUT2D eigenvalue weighted by Gasteiger charge is 2.15. The number of hydrazine groups is 1. The van der Waals surface area contributed by atoms with E-state index in [0.717, 1.165) is 5.56 Å². The lowest BCUT2D eigenvalue weighted by Crippen LogP contribution is -2.41. The molecule has 2 amide bonds. The van der Waals surface area contributed by atoms with E-state index in [1.165, 1.54) is 6.39 Å². The van der Waals surface area contributed by atoms with Crippen LogP contribution in [0.2, 0.25) is 0 Å². The molecule has 0 radical (unpaired) electrons. The third kappa shape index (κ3) is 4.38. The lowest BCUT2D eigenvalue weighted by molar-refractivity contribution is 0.0846. The predicted molar refractivity (Wildman–Crippen MR) is 99.8 cm³/mol. The maximum absolute atomic E-state index is 12.2. The molecule has 1 heterocycles. The number of carbonyl (C=O) groups is 2. The summed E-state index contributed by atoms with van der Waals surface area (Å²) in [5.41, 5.74) is 7.52. The Morgan fingerprint density at radius 2 is 1.37 bits per heavy atom. The van der Waals surface area contributed by atoms with Gasteiger partial charge < -0.3 is 4.42 Å². The molecule has 2 N–H and O–H groups in total. The first-order valence-corrected chi connectivity index (χ1v) is 8.42. The Bertz CT molecular complexity index is 925. The standard InChI is InChI=1S/C20H20N4O3/c1-20(2,3)16-10-8-14(9-11-16)18(26)23-22-17(25)13-4-6-15(7-5-13)19-24-21-12-27-19/h4-12H,1-3H3,(H,22,25)(H,23,26). The highest BCUT2D eigenvalue weighted by molar-refractivity contribution is 5.99. The number of carbonyl (C=O) groups excluding carboxylic acids is 2. The Morgan fingerprint density at radius 1 is 0.852 bits per heavy atom. The van der Waals surface area contributed by atoms with Crippen LogP contribution in [0.15, 0.2) is 59.3 Å². The Balaban J connectivity index is 1.59. The molecular weight excluding hydrogens is 344 g/mol. The van der Waals surface area contributed by atoms with Crippen LogP contribution in [0.25, 0.3) is 11.5 Å². The summed E-state index contributed by atoms with van der Waals surface area (Å²) >= 11 is 0. The summed E-state index contributed by atoms with van der Waals surface area (Å²) in [6.07, 6.45) is 1.24. The van der Waals surface area contributed by atoms with Crippen LogP contribution in [-0.4, -0.2) is 22.0 Å². The predicted octanol–water partition coefficient (Wildman–Crippen LogP) is 3.11.